The molecule has 2 N–H and O–H groups in total. The van der Waals surface area contributed by atoms with E-state index in [0.29, 0.717) is 24.5 Å². The molecule has 0 saturated heterocycles. The predicted molar refractivity (Wildman–Crippen MR) is 93.2 cm³/mol. The minimum absolute atomic E-state index is 0.222. The number of nitrogens with one attached hydrogen (secondary N) is 2. The fraction of sp³-hybridized carbons (Fsp3) is 0.278. The van der Waals surface area contributed by atoms with Crippen molar-refractivity contribution in [2.75, 3.05) is 11.9 Å². The first-order valence-corrected chi connectivity index (χ1v) is 9.91. The van der Waals surface area contributed by atoms with E-state index in [4.69, 9.17) is 0 Å². The third-order valence-corrected chi connectivity index (χ3v) is 5.73. The summed E-state index contributed by atoms with van der Waals surface area (Å²) in [5.74, 6) is -6.45. The molecular weight excluding hydrogens is 400 g/mol. The summed E-state index contributed by atoms with van der Waals surface area (Å²) in [7, 11) is -3.96. The monoisotopic (exact) mass is 416 g/mol. The van der Waals surface area contributed by atoms with Crippen molar-refractivity contribution >= 4 is 21.6 Å². The number of benzene rings is 2. The van der Waals surface area contributed by atoms with Crippen LogP contribution in [-0.2, 0) is 10.0 Å². The number of hydrogen-bond acceptors (Lipinski definition) is 3. The summed E-state index contributed by atoms with van der Waals surface area (Å²) in [6.45, 7) is 0.222. The van der Waals surface area contributed by atoms with Crippen molar-refractivity contribution in [3.05, 3.63) is 59.2 Å². The largest absolute Gasteiger partial charge is 0.322 e. The number of hydrogen-bond donors (Lipinski definition) is 2. The second-order valence-electron chi connectivity index (χ2n) is 6.48. The number of anilines is 1. The van der Waals surface area contributed by atoms with Gasteiger partial charge in [-0.05, 0) is 30.5 Å². The van der Waals surface area contributed by atoms with Crippen LogP contribution in [0.4, 0.5) is 23.2 Å². The Balaban J connectivity index is 1.79. The molecule has 10 heteroatoms. The quantitative estimate of drug-likeness (QED) is 0.535. The zero-order chi connectivity index (χ0) is 20.5. The van der Waals surface area contributed by atoms with E-state index in [-0.39, 0.29) is 11.4 Å². The Hall–Kier alpha value is -2.46. The molecule has 28 heavy (non-hydrogen) atoms. The Morgan fingerprint density at radius 1 is 1.00 bits per heavy atom. The Labute approximate surface area is 158 Å². The summed E-state index contributed by atoms with van der Waals surface area (Å²) >= 11 is 0. The number of amides is 1. The van der Waals surface area contributed by atoms with Gasteiger partial charge >= 0.3 is 0 Å². The Kier molecular flexibility index (Phi) is 5.71. The molecule has 0 radical (unpaired) electrons. The van der Waals surface area contributed by atoms with Gasteiger partial charge in [-0.2, -0.15) is 0 Å². The average Bonchev–Trinajstić information content (AvgIpc) is 3.44. The van der Waals surface area contributed by atoms with Crippen LogP contribution >= 0.6 is 0 Å². The molecule has 0 unspecified atom stereocenters. The van der Waals surface area contributed by atoms with Crippen molar-refractivity contribution in [1.82, 2.24) is 4.72 Å². The Morgan fingerprint density at radius 2 is 1.64 bits per heavy atom. The molecule has 1 aliphatic rings. The van der Waals surface area contributed by atoms with Crippen LogP contribution < -0.4 is 10.0 Å². The lowest BCUT2D eigenvalue weighted by Gasteiger charge is -2.10. The summed E-state index contributed by atoms with van der Waals surface area (Å²) in [4.78, 5) is 11.9. The van der Waals surface area contributed by atoms with Gasteiger partial charge in [-0.3, -0.25) is 4.79 Å². The second kappa shape index (κ2) is 7.88. The van der Waals surface area contributed by atoms with E-state index < -0.39 is 50.5 Å². The van der Waals surface area contributed by atoms with Crippen LogP contribution in [0.25, 0.3) is 0 Å². The normalized spacial score (nSPS) is 14.1. The van der Waals surface area contributed by atoms with Crippen LogP contribution in [0.2, 0.25) is 0 Å². The van der Waals surface area contributed by atoms with Crippen LogP contribution in [0.3, 0.4) is 0 Å². The van der Waals surface area contributed by atoms with Gasteiger partial charge in [0.1, 0.15) is 5.82 Å². The molecule has 0 aliphatic heterocycles. The maximum Gasteiger partial charge on any atom is 0.258 e. The molecule has 1 saturated carbocycles. The Bertz CT molecular complexity index is 1000. The maximum atomic E-state index is 14.0. The molecule has 0 spiro atoms. The fourth-order valence-corrected chi connectivity index (χ4v) is 3.63. The highest BCUT2D eigenvalue weighted by molar-refractivity contribution is 7.89. The average molecular weight is 416 g/mol. The van der Waals surface area contributed by atoms with Gasteiger partial charge in [0.25, 0.3) is 5.91 Å². The summed E-state index contributed by atoms with van der Waals surface area (Å²) < 4.78 is 80.5. The minimum Gasteiger partial charge on any atom is -0.322 e. The number of halogens is 4. The molecule has 3 rings (SSSR count). The fourth-order valence-electron chi connectivity index (χ4n) is 2.56. The summed E-state index contributed by atoms with van der Waals surface area (Å²) in [6.07, 6.45) is 2.82. The van der Waals surface area contributed by atoms with E-state index in [1.54, 1.807) is 0 Å². The van der Waals surface area contributed by atoms with Crippen molar-refractivity contribution in [2.45, 2.75) is 24.2 Å². The van der Waals surface area contributed by atoms with Crippen LogP contribution in [-0.4, -0.2) is 20.9 Å². The van der Waals surface area contributed by atoms with Crippen LogP contribution in [0.1, 0.15) is 29.6 Å². The molecule has 2 aromatic carbocycles. The van der Waals surface area contributed by atoms with Gasteiger partial charge in [-0.1, -0.05) is 12.8 Å². The van der Waals surface area contributed by atoms with Gasteiger partial charge in [0.15, 0.2) is 17.5 Å². The molecule has 0 aromatic heterocycles. The SMILES string of the molecule is O=C(Nc1cc(F)c(F)c(F)c1)c1cc(S(=O)(=O)NCCC2CC2)ccc1F. The van der Waals surface area contributed by atoms with E-state index in [2.05, 4.69) is 4.72 Å². The minimum atomic E-state index is -3.96. The first-order chi connectivity index (χ1) is 13.2. The van der Waals surface area contributed by atoms with E-state index >= 15 is 0 Å². The van der Waals surface area contributed by atoms with Crippen molar-refractivity contribution in [3.63, 3.8) is 0 Å². The molecule has 150 valence electrons. The summed E-state index contributed by atoms with van der Waals surface area (Å²) in [5, 5.41) is 2.01. The van der Waals surface area contributed by atoms with Gasteiger partial charge in [0.05, 0.1) is 10.5 Å². The van der Waals surface area contributed by atoms with Gasteiger partial charge in [-0.15, -0.1) is 0 Å². The van der Waals surface area contributed by atoms with Crippen LogP contribution in [0, 0.1) is 29.2 Å². The zero-order valence-electron chi connectivity index (χ0n) is 14.4. The summed E-state index contributed by atoms with van der Waals surface area (Å²) in [6, 6.07) is 3.67. The second-order valence-corrected chi connectivity index (χ2v) is 8.25. The zero-order valence-corrected chi connectivity index (χ0v) is 15.3. The molecule has 0 bridgehead atoms. The van der Waals surface area contributed by atoms with Gasteiger partial charge < -0.3 is 5.32 Å². The summed E-state index contributed by atoms with van der Waals surface area (Å²) in [5.41, 5.74) is -1.09. The lowest BCUT2D eigenvalue weighted by Crippen LogP contribution is -2.25. The Morgan fingerprint density at radius 3 is 2.25 bits per heavy atom. The van der Waals surface area contributed by atoms with Crippen LogP contribution in [0.15, 0.2) is 35.2 Å². The smallest absolute Gasteiger partial charge is 0.258 e. The lowest BCUT2D eigenvalue weighted by molar-refractivity contribution is 0.102. The maximum absolute atomic E-state index is 14.0. The van der Waals surface area contributed by atoms with E-state index in [1.807, 2.05) is 5.32 Å². The highest BCUT2D eigenvalue weighted by Gasteiger charge is 2.23. The van der Waals surface area contributed by atoms with Gasteiger partial charge in [0, 0.05) is 24.4 Å². The third kappa shape index (κ3) is 4.68. The lowest BCUT2D eigenvalue weighted by atomic mass is 10.2. The molecule has 0 atom stereocenters. The molecule has 1 amide bonds. The number of carbonyl (C=O) groups excluding carboxylic acids is 1. The first-order valence-electron chi connectivity index (χ1n) is 8.42. The van der Waals surface area contributed by atoms with Crippen molar-refractivity contribution in [1.29, 1.82) is 0 Å². The number of carbonyl (C=O) groups is 1. The molecule has 5 nitrogen and oxygen atoms in total. The molecular formula is C18H16F4N2O3S. The standard InChI is InChI=1S/C18H16F4N2O3S/c19-14-4-3-12(28(26,27)23-6-5-10-1-2-10)9-13(14)18(25)24-11-7-15(20)17(22)16(21)8-11/h3-4,7-10,23H,1-2,5-6H2,(H,24,25). The molecule has 1 fully saturated rings. The van der Waals surface area contributed by atoms with E-state index in [9.17, 15) is 30.8 Å². The number of rotatable bonds is 7. The van der Waals surface area contributed by atoms with E-state index in [1.165, 1.54) is 0 Å². The van der Waals surface area contributed by atoms with Crippen LogP contribution in [0.5, 0.6) is 0 Å². The third-order valence-electron chi connectivity index (χ3n) is 4.28. The van der Waals surface area contributed by atoms with Gasteiger partial charge in [-0.25, -0.2) is 30.7 Å². The van der Waals surface area contributed by atoms with E-state index in [0.717, 1.165) is 31.0 Å². The topological polar surface area (TPSA) is 75.3 Å². The predicted octanol–water partition coefficient (Wildman–Crippen LogP) is 3.57. The van der Waals surface area contributed by atoms with Crippen molar-refractivity contribution in [2.24, 2.45) is 5.92 Å². The first kappa shape index (κ1) is 20.3. The number of sulfonamides is 1. The van der Waals surface area contributed by atoms with Crippen molar-refractivity contribution < 1.29 is 30.8 Å². The van der Waals surface area contributed by atoms with Crippen molar-refractivity contribution in [3.8, 4) is 0 Å². The molecule has 2 aromatic rings. The highest BCUT2D eigenvalue weighted by Crippen LogP contribution is 2.31. The molecule has 0 heterocycles. The molecule has 1 aliphatic carbocycles. The van der Waals surface area contributed by atoms with Gasteiger partial charge in [0.2, 0.25) is 10.0 Å². The highest BCUT2D eigenvalue weighted by atomic mass is 32.2.